The molecular formula is C21H16Br2ClNO5S. The molecule has 2 aromatic rings. The second kappa shape index (κ2) is 10.7. The minimum Gasteiger partial charge on any atom is -0.487 e. The predicted octanol–water partition coefficient (Wildman–Crippen LogP) is 6.04. The third-order valence-corrected chi connectivity index (χ3v) is 6.42. The minimum absolute atomic E-state index is 0.180. The Hall–Kier alpha value is -1.81. The van der Waals surface area contributed by atoms with Crippen LogP contribution in [0.4, 0.5) is 4.79 Å². The molecule has 1 saturated heterocycles. The molecular weight excluding hydrogens is 574 g/mol. The first-order chi connectivity index (χ1) is 14.8. The number of carbonyl (C=O) groups excluding carboxylic acids is 3. The molecule has 1 heterocycles. The van der Waals surface area contributed by atoms with E-state index in [9.17, 15) is 14.4 Å². The summed E-state index contributed by atoms with van der Waals surface area (Å²) in [6.07, 6.45) is 1.59. The molecule has 1 aliphatic heterocycles. The smallest absolute Gasteiger partial charge is 0.326 e. The highest BCUT2D eigenvalue weighted by atomic mass is 79.9. The summed E-state index contributed by atoms with van der Waals surface area (Å²) in [7, 11) is 0. The maximum Gasteiger partial charge on any atom is 0.326 e. The third-order valence-electron chi connectivity index (χ3n) is 4.08. The highest BCUT2D eigenvalue weighted by Crippen LogP contribution is 2.38. The van der Waals surface area contributed by atoms with Crippen LogP contribution in [-0.2, 0) is 20.9 Å². The number of hydrogen-bond donors (Lipinski definition) is 0. The third kappa shape index (κ3) is 6.12. The van der Waals surface area contributed by atoms with Gasteiger partial charge in [-0.2, -0.15) is 0 Å². The summed E-state index contributed by atoms with van der Waals surface area (Å²) in [6, 6.07) is 10.9. The first-order valence-corrected chi connectivity index (χ1v) is 11.8. The van der Waals surface area contributed by atoms with Gasteiger partial charge in [0.05, 0.1) is 20.5 Å². The lowest BCUT2D eigenvalue weighted by atomic mass is 10.2. The lowest BCUT2D eigenvalue weighted by Gasteiger charge is -2.12. The lowest BCUT2D eigenvalue weighted by molar-refractivity contribution is -0.145. The Morgan fingerprint density at radius 2 is 1.81 bits per heavy atom. The molecule has 1 aliphatic rings. The van der Waals surface area contributed by atoms with E-state index in [1.807, 2.05) is 12.1 Å². The van der Waals surface area contributed by atoms with Crippen molar-refractivity contribution in [2.75, 3.05) is 13.2 Å². The Balaban J connectivity index is 1.74. The zero-order valence-corrected chi connectivity index (χ0v) is 20.9. The SMILES string of the molecule is CCOC(=O)CN1C(=O)S/C(=C\c2cc(Br)c(OCc3ccc(Cl)cc3)c(Br)c2)C1=O. The predicted molar refractivity (Wildman–Crippen MR) is 127 cm³/mol. The topological polar surface area (TPSA) is 72.9 Å². The number of ether oxygens (including phenoxy) is 2. The van der Waals surface area contributed by atoms with Gasteiger partial charge >= 0.3 is 5.97 Å². The molecule has 0 saturated carbocycles. The monoisotopic (exact) mass is 587 g/mol. The molecule has 0 aliphatic carbocycles. The average molecular weight is 590 g/mol. The maximum absolute atomic E-state index is 12.5. The first-order valence-electron chi connectivity index (χ1n) is 9.05. The van der Waals surface area contributed by atoms with Crippen LogP contribution >= 0.6 is 55.2 Å². The van der Waals surface area contributed by atoms with Crippen molar-refractivity contribution in [3.63, 3.8) is 0 Å². The fourth-order valence-corrected chi connectivity index (χ4v) is 5.08. The summed E-state index contributed by atoms with van der Waals surface area (Å²) in [5.41, 5.74) is 1.64. The van der Waals surface area contributed by atoms with Gasteiger partial charge in [0.25, 0.3) is 11.1 Å². The van der Waals surface area contributed by atoms with Gasteiger partial charge in [-0.05, 0) is 92.0 Å². The van der Waals surface area contributed by atoms with Crippen molar-refractivity contribution in [2.24, 2.45) is 0 Å². The van der Waals surface area contributed by atoms with Crippen LogP contribution < -0.4 is 4.74 Å². The molecule has 0 spiro atoms. The summed E-state index contributed by atoms with van der Waals surface area (Å²) in [6.45, 7) is 1.78. The normalized spacial score (nSPS) is 15.0. The molecule has 0 radical (unpaired) electrons. The molecule has 6 nitrogen and oxygen atoms in total. The molecule has 0 aromatic heterocycles. The Morgan fingerprint density at radius 1 is 1.16 bits per heavy atom. The number of thioether (sulfide) groups is 1. The Kier molecular flexibility index (Phi) is 8.21. The van der Waals surface area contributed by atoms with Crippen molar-refractivity contribution in [1.82, 2.24) is 4.90 Å². The number of hydrogen-bond acceptors (Lipinski definition) is 6. The molecule has 0 N–H and O–H groups in total. The quantitative estimate of drug-likeness (QED) is 0.290. The fourth-order valence-electron chi connectivity index (χ4n) is 2.66. The number of imide groups is 1. The zero-order valence-electron chi connectivity index (χ0n) is 16.2. The second-order valence-electron chi connectivity index (χ2n) is 6.30. The van der Waals surface area contributed by atoms with E-state index >= 15 is 0 Å². The Labute approximate surface area is 205 Å². The molecule has 0 atom stereocenters. The number of nitrogens with zero attached hydrogens (tertiary/aromatic N) is 1. The average Bonchev–Trinajstić information content (AvgIpc) is 2.96. The number of carbonyl (C=O) groups is 3. The maximum atomic E-state index is 12.5. The highest BCUT2D eigenvalue weighted by molar-refractivity contribution is 9.11. The van der Waals surface area contributed by atoms with E-state index in [-0.39, 0.29) is 11.5 Å². The van der Waals surface area contributed by atoms with Gasteiger partial charge in [-0.1, -0.05) is 23.7 Å². The van der Waals surface area contributed by atoms with Gasteiger partial charge in [-0.3, -0.25) is 19.3 Å². The number of benzene rings is 2. The molecule has 2 amide bonds. The molecule has 2 aromatic carbocycles. The van der Waals surface area contributed by atoms with Crippen molar-refractivity contribution in [1.29, 1.82) is 0 Å². The van der Waals surface area contributed by atoms with Gasteiger partial charge in [0, 0.05) is 5.02 Å². The number of esters is 1. The van der Waals surface area contributed by atoms with E-state index in [0.717, 1.165) is 22.2 Å². The molecule has 0 bridgehead atoms. The van der Waals surface area contributed by atoms with E-state index in [4.69, 9.17) is 21.1 Å². The van der Waals surface area contributed by atoms with Crippen LogP contribution in [0.15, 0.2) is 50.2 Å². The summed E-state index contributed by atoms with van der Waals surface area (Å²) in [5.74, 6) is -0.556. The van der Waals surface area contributed by atoms with E-state index < -0.39 is 23.7 Å². The number of rotatable bonds is 7. The summed E-state index contributed by atoms with van der Waals surface area (Å²) in [5, 5.41) is 0.146. The van der Waals surface area contributed by atoms with Crippen molar-refractivity contribution < 1.29 is 23.9 Å². The van der Waals surface area contributed by atoms with Crippen LogP contribution in [0.1, 0.15) is 18.1 Å². The van der Waals surface area contributed by atoms with Crippen molar-refractivity contribution in [2.45, 2.75) is 13.5 Å². The lowest BCUT2D eigenvalue weighted by Crippen LogP contribution is -2.34. The minimum atomic E-state index is -0.626. The summed E-state index contributed by atoms with van der Waals surface area (Å²) in [4.78, 5) is 37.4. The molecule has 1 fully saturated rings. The van der Waals surface area contributed by atoms with E-state index in [0.29, 0.717) is 31.9 Å². The first kappa shape index (κ1) is 23.8. The zero-order chi connectivity index (χ0) is 22.5. The van der Waals surface area contributed by atoms with Crippen molar-refractivity contribution >= 4 is 78.4 Å². The second-order valence-corrected chi connectivity index (χ2v) is 9.44. The molecule has 162 valence electrons. The van der Waals surface area contributed by atoms with Crippen LogP contribution in [0, 0.1) is 0 Å². The van der Waals surface area contributed by atoms with Crippen LogP contribution in [0.5, 0.6) is 5.75 Å². The summed E-state index contributed by atoms with van der Waals surface area (Å²) < 4.78 is 12.1. The van der Waals surface area contributed by atoms with Gasteiger partial charge in [0.1, 0.15) is 18.9 Å². The Bertz CT molecular complexity index is 1040. The molecule has 10 heteroatoms. The van der Waals surface area contributed by atoms with Crippen LogP contribution in [0.3, 0.4) is 0 Å². The van der Waals surface area contributed by atoms with E-state index in [2.05, 4.69) is 31.9 Å². The highest BCUT2D eigenvalue weighted by Gasteiger charge is 2.36. The van der Waals surface area contributed by atoms with Gasteiger partial charge in [-0.25, -0.2) is 0 Å². The Morgan fingerprint density at radius 3 is 2.42 bits per heavy atom. The van der Waals surface area contributed by atoms with Gasteiger partial charge in [0.15, 0.2) is 0 Å². The molecule has 31 heavy (non-hydrogen) atoms. The van der Waals surface area contributed by atoms with Gasteiger partial charge < -0.3 is 9.47 Å². The van der Waals surface area contributed by atoms with Crippen LogP contribution in [0.2, 0.25) is 5.02 Å². The van der Waals surface area contributed by atoms with E-state index in [1.165, 1.54) is 0 Å². The van der Waals surface area contributed by atoms with Gasteiger partial charge in [0.2, 0.25) is 0 Å². The molecule has 3 rings (SSSR count). The molecule has 0 unspecified atom stereocenters. The van der Waals surface area contributed by atoms with Crippen LogP contribution in [-0.4, -0.2) is 35.2 Å². The largest absolute Gasteiger partial charge is 0.487 e. The van der Waals surface area contributed by atoms with E-state index in [1.54, 1.807) is 37.3 Å². The van der Waals surface area contributed by atoms with Crippen LogP contribution in [0.25, 0.3) is 6.08 Å². The van der Waals surface area contributed by atoms with Crippen molar-refractivity contribution in [3.8, 4) is 5.75 Å². The number of amides is 2. The summed E-state index contributed by atoms with van der Waals surface area (Å²) >= 11 is 13.7. The number of halogens is 3. The van der Waals surface area contributed by atoms with Gasteiger partial charge in [-0.15, -0.1) is 0 Å². The standard InChI is InChI=1S/C21H16Br2ClNO5S/c1-2-29-18(26)10-25-20(27)17(31-21(25)28)9-13-7-15(22)19(16(23)8-13)30-11-12-3-5-14(24)6-4-12/h3-9H,2,10-11H2,1H3/b17-9-. The fraction of sp³-hybridized carbons (Fsp3) is 0.190. The van der Waals surface area contributed by atoms with Crippen molar-refractivity contribution in [3.05, 3.63) is 66.4 Å².